The van der Waals surface area contributed by atoms with E-state index in [1.807, 2.05) is 12.1 Å². The molecule has 152 valence electrons. The summed E-state index contributed by atoms with van der Waals surface area (Å²) in [5, 5.41) is 3.47. The van der Waals surface area contributed by atoms with Crippen LogP contribution in [0, 0.1) is 19.7 Å². The molecule has 0 atom stereocenters. The van der Waals surface area contributed by atoms with Crippen molar-refractivity contribution in [3.63, 3.8) is 0 Å². The fourth-order valence-corrected chi connectivity index (χ4v) is 4.00. The lowest BCUT2D eigenvalue weighted by molar-refractivity contribution is -0.116. The smallest absolute Gasteiger partial charge is 0.244 e. The molecular weight excluding hydrogens is 399 g/mol. The monoisotopic (exact) mass is 420 g/mol. The van der Waals surface area contributed by atoms with Crippen molar-refractivity contribution in [2.45, 2.75) is 31.3 Å². The van der Waals surface area contributed by atoms with Gasteiger partial charge in [-0.25, -0.2) is 14.4 Å². The molecule has 1 amide bonds. The maximum atomic E-state index is 13.8. The minimum absolute atomic E-state index is 0.0409. The molecule has 0 fully saturated rings. The lowest BCUT2D eigenvalue weighted by Gasteiger charge is -2.10. The molecule has 4 aromatic rings. The van der Waals surface area contributed by atoms with Gasteiger partial charge in [0.25, 0.3) is 0 Å². The average Bonchev–Trinajstić information content (AvgIpc) is 3.08. The number of pyridine rings is 1. The summed E-state index contributed by atoms with van der Waals surface area (Å²) >= 11 is 1.56. The van der Waals surface area contributed by atoms with Gasteiger partial charge in [-0.05, 0) is 49.2 Å². The number of rotatable bonds is 6. The number of thioether (sulfide) groups is 1. The van der Waals surface area contributed by atoms with E-state index in [0.29, 0.717) is 16.9 Å². The molecular formula is C23H21FN4OS. The average molecular weight is 421 g/mol. The third-order valence-electron chi connectivity index (χ3n) is 4.71. The van der Waals surface area contributed by atoms with Gasteiger partial charge in [-0.15, -0.1) is 0 Å². The molecule has 0 aliphatic rings. The highest BCUT2D eigenvalue weighted by atomic mass is 32.2. The van der Waals surface area contributed by atoms with Gasteiger partial charge in [0.2, 0.25) is 5.91 Å². The number of hydrogen-bond acceptors (Lipinski definition) is 4. The summed E-state index contributed by atoms with van der Waals surface area (Å²) in [7, 11) is 0. The van der Waals surface area contributed by atoms with E-state index in [0.717, 1.165) is 16.4 Å². The first-order chi connectivity index (χ1) is 14.5. The molecule has 2 aromatic heterocycles. The molecule has 0 bridgehead atoms. The molecule has 0 radical (unpaired) electrons. The number of imidazole rings is 1. The van der Waals surface area contributed by atoms with E-state index < -0.39 is 0 Å². The molecule has 7 heteroatoms. The highest BCUT2D eigenvalue weighted by Crippen LogP contribution is 2.26. The van der Waals surface area contributed by atoms with Crippen LogP contribution in [0.3, 0.4) is 0 Å². The highest BCUT2D eigenvalue weighted by Gasteiger charge is 2.16. The minimum Gasteiger partial charge on any atom is -0.324 e. The number of hydrogen-bond donors (Lipinski definition) is 1. The van der Waals surface area contributed by atoms with Crippen LogP contribution >= 0.6 is 11.8 Å². The molecule has 0 unspecified atom stereocenters. The lowest BCUT2D eigenvalue weighted by atomic mass is 10.2. The van der Waals surface area contributed by atoms with Gasteiger partial charge in [0.05, 0.1) is 0 Å². The number of aromatic nitrogens is 3. The molecule has 4 rings (SSSR count). The summed E-state index contributed by atoms with van der Waals surface area (Å²) in [5.41, 5.74) is 4.73. The SMILES string of the molecule is Cc1ccc(CSc2nc3cccnc3n2CC(=O)Nc2ccc(C)c(F)c2)cc1. The number of aryl methyl sites for hydroxylation is 2. The number of anilines is 1. The van der Waals surface area contributed by atoms with Crippen LogP contribution in [0.5, 0.6) is 0 Å². The van der Waals surface area contributed by atoms with E-state index in [9.17, 15) is 9.18 Å². The predicted octanol–water partition coefficient (Wildman–Crippen LogP) is 5.12. The summed E-state index contributed by atoms with van der Waals surface area (Å²) in [6.45, 7) is 3.78. The van der Waals surface area contributed by atoms with Crippen molar-refractivity contribution in [1.29, 1.82) is 0 Å². The number of carbonyl (C=O) groups excluding carboxylic acids is 1. The predicted molar refractivity (Wildman–Crippen MR) is 118 cm³/mol. The van der Waals surface area contributed by atoms with E-state index in [-0.39, 0.29) is 18.3 Å². The summed E-state index contributed by atoms with van der Waals surface area (Å²) in [4.78, 5) is 21.7. The van der Waals surface area contributed by atoms with Crippen LogP contribution in [-0.2, 0) is 17.1 Å². The highest BCUT2D eigenvalue weighted by molar-refractivity contribution is 7.98. The third kappa shape index (κ3) is 4.52. The molecule has 0 saturated carbocycles. The van der Waals surface area contributed by atoms with Gasteiger partial charge in [-0.3, -0.25) is 9.36 Å². The van der Waals surface area contributed by atoms with Crippen LogP contribution < -0.4 is 5.32 Å². The second-order valence-electron chi connectivity index (χ2n) is 7.11. The Hall–Kier alpha value is -3.19. The topological polar surface area (TPSA) is 59.8 Å². The van der Waals surface area contributed by atoms with Crippen LogP contribution in [0.25, 0.3) is 11.2 Å². The number of benzene rings is 2. The van der Waals surface area contributed by atoms with Gasteiger partial charge >= 0.3 is 0 Å². The van der Waals surface area contributed by atoms with Crippen molar-refractivity contribution in [3.05, 3.63) is 83.3 Å². The van der Waals surface area contributed by atoms with Crippen LogP contribution in [0.1, 0.15) is 16.7 Å². The quantitative estimate of drug-likeness (QED) is 0.440. The molecule has 1 N–H and O–H groups in total. The number of fused-ring (bicyclic) bond motifs is 1. The first-order valence-corrected chi connectivity index (χ1v) is 10.5. The van der Waals surface area contributed by atoms with Gasteiger partial charge in [0.1, 0.15) is 17.9 Å². The molecule has 0 spiro atoms. The van der Waals surface area contributed by atoms with E-state index in [1.165, 1.54) is 17.2 Å². The standard InChI is InChI=1S/C23H21FN4OS/c1-15-5-8-17(9-6-15)14-30-23-27-20-4-3-11-25-22(20)28(23)13-21(29)26-18-10-7-16(2)19(24)12-18/h3-12H,13-14H2,1-2H3,(H,26,29). The Kier molecular flexibility index (Phi) is 5.81. The summed E-state index contributed by atoms with van der Waals surface area (Å²) in [5.74, 6) is 0.117. The molecule has 2 heterocycles. The fraction of sp³-hybridized carbons (Fsp3) is 0.174. The third-order valence-corrected chi connectivity index (χ3v) is 5.76. The Morgan fingerprint density at radius 3 is 2.70 bits per heavy atom. The zero-order valence-electron chi connectivity index (χ0n) is 16.7. The van der Waals surface area contributed by atoms with Gasteiger partial charge < -0.3 is 5.32 Å². The Balaban J connectivity index is 1.55. The molecule has 0 saturated heterocycles. The van der Waals surface area contributed by atoms with Crippen molar-refractivity contribution >= 4 is 34.5 Å². The second kappa shape index (κ2) is 8.67. The van der Waals surface area contributed by atoms with Gasteiger partial charge in [-0.2, -0.15) is 0 Å². The summed E-state index contributed by atoms with van der Waals surface area (Å²) < 4.78 is 15.6. The van der Waals surface area contributed by atoms with Crippen LogP contribution in [0.2, 0.25) is 0 Å². The number of nitrogens with zero attached hydrogens (tertiary/aromatic N) is 3. The number of halogens is 1. The molecule has 5 nitrogen and oxygen atoms in total. The number of amides is 1. The largest absolute Gasteiger partial charge is 0.324 e. The van der Waals surface area contributed by atoms with Crippen molar-refractivity contribution in [2.24, 2.45) is 0 Å². The first-order valence-electron chi connectivity index (χ1n) is 9.55. The summed E-state index contributed by atoms with van der Waals surface area (Å²) in [6.07, 6.45) is 1.68. The lowest BCUT2D eigenvalue weighted by Crippen LogP contribution is -2.19. The van der Waals surface area contributed by atoms with Crippen molar-refractivity contribution in [2.75, 3.05) is 5.32 Å². The number of carbonyl (C=O) groups is 1. The van der Waals surface area contributed by atoms with E-state index in [4.69, 9.17) is 0 Å². The van der Waals surface area contributed by atoms with E-state index >= 15 is 0 Å². The van der Waals surface area contributed by atoms with E-state index in [2.05, 4.69) is 46.5 Å². The van der Waals surface area contributed by atoms with Crippen molar-refractivity contribution < 1.29 is 9.18 Å². The molecule has 30 heavy (non-hydrogen) atoms. The summed E-state index contributed by atoms with van der Waals surface area (Å²) in [6, 6.07) is 16.7. The Bertz CT molecular complexity index is 1200. The molecule has 2 aromatic carbocycles. The van der Waals surface area contributed by atoms with Gasteiger partial charge in [-0.1, -0.05) is 47.7 Å². The van der Waals surface area contributed by atoms with Crippen LogP contribution in [-0.4, -0.2) is 20.4 Å². The zero-order chi connectivity index (χ0) is 21.1. The Labute approximate surface area is 178 Å². The minimum atomic E-state index is -0.350. The molecule has 0 aliphatic heterocycles. The van der Waals surface area contributed by atoms with Crippen molar-refractivity contribution in [3.8, 4) is 0 Å². The second-order valence-corrected chi connectivity index (χ2v) is 8.06. The Morgan fingerprint density at radius 2 is 1.93 bits per heavy atom. The normalized spacial score (nSPS) is 11.0. The van der Waals surface area contributed by atoms with E-state index in [1.54, 1.807) is 41.6 Å². The number of nitrogens with one attached hydrogen (secondary N) is 1. The van der Waals surface area contributed by atoms with Crippen LogP contribution in [0.4, 0.5) is 10.1 Å². The Morgan fingerprint density at radius 1 is 1.13 bits per heavy atom. The van der Waals surface area contributed by atoms with Gasteiger partial charge in [0.15, 0.2) is 10.8 Å². The first kappa shape index (κ1) is 20.1. The molecule has 0 aliphatic carbocycles. The maximum Gasteiger partial charge on any atom is 0.244 e. The fourth-order valence-electron chi connectivity index (χ4n) is 3.04. The van der Waals surface area contributed by atoms with Crippen LogP contribution in [0.15, 0.2) is 66.0 Å². The van der Waals surface area contributed by atoms with Crippen molar-refractivity contribution in [1.82, 2.24) is 14.5 Å². The maximum absolute atomic E-state index is 13.8. The van der Waals surface area contributed by atoms with Gasteiger partial charge in [0, 0.05) is 17.6 Å². The zero-order valence-corrected chi connectivity index (χ0v) is 17.5.